The third-order valence-electron chi connectivity index (χ3n) is 6.93. The van der Waals surface area contributed by atoms with E-state index in [0.29, 0.717) is 24.8 Å². The predicted molar refractivity (Wildman–Crippen MR) is 100 cm³/mol. The molecule has 4 heterocycles. The average molecular weight is 409 g/mol. The van der Waals surface area contributed by atoms with Crippen molar-refractivity contribution < 1.29 is 18.1 Å². The molecule has 2 unspecified atom stereocenters. The van der Waals surface area contributed by atoms with Crippen molar-refractivity contribution in [2.75, 3.05) is 32.7 Å². The number of carbonyl (C=O) groups excluding carboxylic acids is 1. The van der Waals surface area contributed by atoms with Gasteiger partial charge in [-0.3, -0.25) is 9.69 Å². The summed E-state index contributed by atoms with van der Waals surface area (Å²) in [5, 5.41) is 7.60. The Labute approximate surface area is 169 Å². The molecule has 0 radical (unpaired) electrons. The van der Waals surface area contributed by atoms with Crippen molar-refractivity contribution in [1.82, 2.24) is 25.3 Å². The van der Waals surface area contributed by atoms with Gasteiger partial charge in [-0.2, -0.15) is 4.98 Å². The molecule has 7 nitrogen and oxygen atoms in total. The summed E-state index contributed by atoms with van der Waals surface area (Å²) >= 11 is 0. The Morgan fingerprint density at radius 2 is 1.90 bits per heavy atom. The fourth-order valence-electron chi connectivity index (χ4n) is 4.95. The van der Waals surface area contributed by atoms with E-state index in [1.54, 1.807) is 0 Å². The molecule has 1 aromatic heterocycles. The molecule has 1 saturated carbocycles. The van der Waals surface area contributed by atoms with Crippen LogP contribution in [0.1, 0.15) is 68.5 Å². The molecule has 29 heavy (non-hydrogen) atoms. The summed E-state index contributed by atoms with van der Waals surface area (Å²) in [4.78, 5) is 20.7. The summed E-state index contributed by atoms with van der Waals surface area (Å²) in [6.45, 7) is 2.54. The van der Waals surface area contributed by atoms with Crippen molar-refractivity contribution in [2.24, 2.45) is 5.92 Å². The fraction of sp³-hybridized carbons (Fsp3) is 0.850. The van der Waals surface area contributed by atoms with E-state index in [4.69, 9.17) is 4.52 Å². The molecule has 3 aliphatic heterocycles. The number of halogens is 2. The molecule has 0 aromatic carbocycles. The molecule has 5 rings (SSSR count). The number of aromatic nitrogens is 2. The minimum atomic E-state index is -2.58. The first-order valence-electron chi connectivity index (χ1n) is 11.0. The second-order valence-corrected chi connectivity index (χ2v) is 9.13. The van der Waals surface area contributed by atoms with Gasteiger partial charge in [-0.25, -0.2) is 8.78 Å². The maximum atomic E-state index is 13.6. The number of alkyl halides is 2. The third kappa shape index (κ3) is 4.17. The van der Waals surface area contributed by atoms with Crippen LogP contribution in [0.25, 0.3) is 0 Å². The number of amides is 1. The first kappa shape index (κ1) is 19.4. The highest BCUT2D eigenvalue weighted by Gasteiger charge is 2.42. The van der Waals surface area contributed by atoms with Crippen LogP contribution in [0.3, 0.4) is 0 Å². The lowest BCUT2D eigenvalue weighted by molar-refractivity contribution is -0.133. The molecule has 4 aliphatic rings. The Kier molecular flexibility index (Phi) is 5.06. The zero-order valence-corrected chi connectivity index (χ0v) is 16.7. The highest BCUT2D eigenvalue weighted by atomic mass is 19.3. The highest BCUT2D eigenvalue weighted by molar-refractivity contribution is 5.81. The molecule has 9 heteroatoms. The largest absolute Gasteiger partial charge is 0.342 e. The van der Waals surface area contributed by atoms with Gasteiger partial charge in [0.25, 0.3) is 5.92 Å². The zero-order valence-electron chi connectivity index (χ0n) is 16.7. The number of carbonyl (C=O) groups is 1. The molecule has 1 amide bonds. The van der Waals surface area contributed by atoms with Gasteiger partial charge in [-0.1, -0.05) is 5.16 Å². The number of hydrogen-bond donors (Lipinski definition) is 1. The summed E-state index contributed by atoms with van der Waals surface area (Å²) in [5.74, 6) is -0.298. The van der Waals surface area contributed by atoms with E-state index < -0.39 is 5.92 Å². The lowest BCUT2D eigenvalue weighted by Crippen LogP contribution is -2.49. The predicted octanol–water partition coefficient (Wildman–Crippen LogP) is 2.32. The molecular formula is C20H29F2N5O2. The van der Waals surface area contributed by atoms with Gasteiger partial charge in [0.1, 0.15) is 0 Å². The lowest BCUT2D eigenvalue weighted by atomic mass is 9.94. The van der Waals surface area contributed by atoms with Crippen LogP contribution in [0.2, 0.25) is 0 Å². The maximum absolute atomic E-state index is 13.6. The molecule has 0 spiro atoms. The lowest BCUT2D eigenvalue weighted by Gasteiger charge is -2.34. The van der Waals surface area contributed by atoms with Gasteiger partial charge in [0.2, 0.25) is 11.8 Å². The van der Waals surface area contributed by atoms with Crippen molar-refractivity contribution in [3.63, 3.8) is 0 Å². The number of nitrogens with one attached hydrogen (secondary N) is 1. The van der Waals surface area contributed by atoms with E-state index in [2.05, 4.69) is 15.5 Å². The SMILES string of the molecule is O=C(C1CC1)N1CCC(c2noc(C3CCNC(N4CCC(F)(F)C4)C3)n2)CC1. The maximum Gasteiger partial charge on any atom is 0.261 e. The standard InChI is InChI=1S/C20H29F2N5O2/c21-20(22)6-10-27(12-20)16-11-15(3-7-23-16)18-24-17(25-29-18)13-4-8-26(9-5-13)19(28)14-1-2-14/h13-16,23H,1-12H2. The number of hydrogen-bond acceptors (Lipinski definition) is 6. The zero-order chi connectivity index (χ0) is 20.0. The third-order valence-corrected chi connectivity index (χ3v) is 6.93. The Bertz CT molecular complexity index is 745. The number of piperidine rings is 2. The van der Waals surface area contributed by atoms with E-state index in [1.807, 2.05) is 9.80 Å². The van der Waals surface area contributed by atoms with Gasteiger partial charge in [0.05, 0.1) is 12.7 Å². The Morgan fingerprint density at radius 3 is 2.59 bits per heavy atom. The van der Waals surface area contributed by atoms with Gasteiger partial charge in [0, 0.05) is 43.8 Å². The van der Waals surface area contributed by atoms with Gasteiger partial charge in [-0.15, -0.1) is 0 Å². The molecule has 4 fully saturated rings. The van der Waals surface area contributed by atoms with Crippen molar-refractivity contribution in [2.45, 2.75) is 68.9 Å². The molecule has 3 saturated heterocycles. The first-order valence-corrected chi connectivity index (χ1v) is 11.0. The molecule has 160 valence electrons. The summed E-state index contributed by atoms with van der Waals surface area (Å²) in [7, 11) is 0. The second-order valence-electron chi connectivity index (χ2n) is 9.13. The van der Waals surface area contributed by atoms with E-state index in [0.717, 1.165) is 57.6 Å². The Morgan fingerprint density at radius 1 is 1.10 bits per heavy atom. The van der Waals surface area contributed by atoms with Crippen molar-refractivity contribution in [1.29, 1.82) is 0 Å². The molecular weight excluding hydrogens is 380 g/mol. The number of nitrogens with zero attached hydrogens (tertiary/aromatic N) is 4. The van der Waals surface area contributed by atoms with Crippen LogP contribution >= 0.6 is 0 Å². The molecule has 1 aromatic rings. The van der Waals surface area contributed by atoms with Crippen LogP contribution in [0.4, 0.5) is 8.78 Å². The van der Waals surface area contributed by atoms with E-state index in [-0.39, 0.29) is 36.9 Å². The van der Waals surface area contributed by atoms with Gasteiger partial charge in [0.15, 0.2) is 5.82 Å². The van der Waals surface area contributed by atoms with Gasteiger partial charge in [-0.05, 0) is 45.1 Å². The summed E-state index contributed by atoms with van der Waals surface area (Å²) in [5.41, 5.74) is 0. The Hall–Kier alpha value is -1.61. The van der Waals surface area contributed by atoms with E-state index in [9.17, 15) is 13.6 Å². The molecule has 0 bridgehead atoms. The minimum Gasteiger partial charge on any atom is -0.342 e. The first-order chi connectivity index (χ1) is 14.0. The van der Waals surface area contributed by atoms with Crippen molar-refractivity contribution in [3.05, 3.63) is 11.7 Å². The average Bonchev–Trinajstić information content (AvgIpc) is 3.35. The summed E-state index contributed by atoms with van der Waals surface area (Å²) in [6.07, 6.45) is 5.28. The number of likely N-dealkylation sites (tertiary alicyclic amines) is 2. The monoisotopic (exact) mass is 409 g/mol. The van der Waals surface area contributed by atoms with Crippen LogP contribution < -0.4 is 5.32 Å². The van der Waals surface area contributed by atoms with E-state index in [1.165, 1.54) is 0 Å². The van der Waals surface area contributed by atoms with Crippen LogP contribution in [0, 0.1) is 5.92 Å². The minimum absolute atomic E-state index is 0.0610. The molecule has 1 N–H and O–H groups in total. The molecule has 1 aliphatic carbocycles. The fourth-order valence-corrected chi connectivity index (χ4v) is 4.95. The van der Waals surface area contributed by atoms with E-state index >= 15 is 0 Å². The normalized spacial score (nSPS) is 31.3. The van der Waals surface area contributed by atoms with Crippen molar-refractivity contribution in [3.8, 4) is 0 Å². The van der Waals surface area contributed by atoms with Crippen LogP contribution in [0.5, 0.6) is 0 Å². The van der Waals surface area contributed by atoms with Crippen molar-refractivity contribution >= 4 is 5.91 Å². The highest BCUT2D eigenvalue weighted by Crippen LogP contribution is 2.36. The van der Waals surface area contributed by atoms with Gasteiger partial charge < -0.3 is 14.7 Å². The van der Waals surface area contributed by atoms with Crippen LogP contribution in [0.15, 0.2) is 4.52 Å². The quantitative estimate of drug-likeness (QED) is 0.823. The topological polar surface area (TPSA) is 74.5 Å². The molecule has 2 atom stereocenters. The smallest absolute Gasteiger partial charge is 0.261 e. The number of rotatable bonds is 4. The second kappa shape index (κ2) is 7.58. The summed E-state index contributed by atoms with van der Waals surface area (Å²) in [6, 6.07) is 0. The van der Waals surface area contributed by atoms with Crippen LogP contribution in [-0.2, 0) is 4.79 Å². The summed E-state index contributed by atoms with van der Waals surface area (Å²) < 4.78 is 32.7. The Balaban J connectivity index is 1.17. The van der Waals surface area contributed by atoms with Crippen LogP contribution in [-0.4, -0.2) is 70.7 Å². The van der Waals surface area contributed by atoms with Gasteiger partial charge >= 0.3 is 0 Å².